The Morgan fingerprint density at radius 3 is 2.70 bits per heavy atom. The highest BCUT2D eigenvalue weighted by Crippen LogP contribution is 2.33. The summed E-state index contributed by atoms with van der Waals surface area (Å²) >= 11 is 0. The first-order chi connectivity index (χ1) is 9.28. The fourth-order valence-corrected chi connectivity index (χ4v) is 2.59. The Bertz CT molecular complexity index is 656. The van der Waals surface area contributed by atoms with E-state index in [1.807, 2.05) is 20.2 Å². The second-order valence-corrected chi connectivity index (χ2v) is 5.71. The van der Waals surface area contributed by atoms with E-state index in [4.69, 9.17) is 10.5 Å². The van der Waals surface area contributed by atoms with Crippen LogP contribution in [-0.2, 0) is 16.6 Å². The van der Waals surface area contributed by atoms with Crippen LogP contribution in [0, 0.1) is 6.92 Å². The van der Waals surface area contributed by atoms with Crippen LogP contribution < -0.4 is 5.73 Å². The number of ether oxygens (including phenoxy) is 1. The molecule has 0 spiro atoms. The van der Waals surface area contributed by atoms with E-state index in [-0.39, 0.29) is 5.92 Å². The van der Waals surface area contributed by atoms with Gasteiger partial charge in [0.1, 0.15) is 5.54 Å². The molecule has 1 aromatic heterocycles. The molecular weight excluding hydrogens is 252 g/mol. The van der Waals surface area contributed by atoms with Gasteiger partial charge in [0.05, 0.1) is 7.11 Å². The second kappa shape index (κ2) is 4.94. The first kappa shape index (κ1) is 14.6. The number of carbonyl (C=O) groups excluding carboxylic acids is 1. The van der Waals surface area contributed by atoms with Gasteiger partial charge in [-0.1, -0.05) is 19.1 Å². The average molecular weight is 274 g/mol. The predicted molar refractivity (Wildman–Crippen MR) is 80.7 cm³/mol. The lowest BCUT2D eigenvalue weighted by Crippen LogP contribution is -2.50. The van der Waals surface area contributed by atoms with Gasteiger partial charge in [-0.05, 0) is 31.0 Å². The number of carbonyl (C=O) groups is 1. The molecule has 1 aromatic carbocycles. The molecule has 2 rings (SSSR count). The summed E-state index contributed by atoms with van der Waals surface area (Å²) in [6, 6.07) is 6.30. The van der Waals surface area contributed by atoms with Crippen LogP contribution in [0.5, 0.6) is 0 Å². The molecule has 4 heteroatoms. The van der Waals surface area contributed by atoms with Crippen molar-refractivity contribution in [3.63, 3.8) is 0 Å². The van der Waals surface area contributed by atoms with Gasteiger partial charge in [0, 0.05) is 30.1 Å². The summed E-state index contributed by atoms with van der Waals surface area (Å²) in [5.41, 5.74) is 8.57. The summed E-state index contributed by atoms with van der Waals surface area (Å²) in [7, 11) is 3.37. The van der Waals surface area contributed by atoms with Gasteiger partial charge in [-0.2, -0.15) is 0 Å². The monoisotopic (exact) mass is 274 g/mol. The van der Waals surface area contributed by atoms with Crippen molar-refractivity contribution in [3.8, 4) is 0 Å². The van der Waals surface area contributed by atoms with E-state index in [0.717, 1.165) is 16.5 Å². The summed E-state index contributed by atoms with van der Waals surface area (Å²) in [6.45, 7) is 5.75. The fourth-order valence-electron chi connectivity index (χ4n) is 2.59. The maximum absolute atomic E-state index is 11.9. The van der Waals surface area contributed by atoms with Crippen molar-refractivity contribution in [2.24, 2.45) is 12.8 Å². The largest absolute Gasteiger partial charge is 0.468 e. The molecule has 2 unspecified atom stereocenters. The summed E-state index contributed by atoms with van der Waals surface area (Å²) in [4.78, 5) is 11.9. The molecule has 20 heavy (non-hydrogen) atoms. The van der Waals surface area contributed by atoms with Crippen molar-refractivity contribution in [1.82, 2.24) is 4.57 Å². The summed E-state index contributed by atoms with van der Waals surface area (Å²) in [5.74, 6) is -0.532. The molecule has 108 valence electrons. The van der Waals surface area contributed by atoms with Crippen LogP contribution in [0.25, 0.3) is 10.9 Å². The Morgan fingerprint density at radius 1 is 1.45 bits per heavy atom. The number of esters is 1. The van der Waals surface area contributed by atoms with Crippen molar-refractivity contribution in [2.45, 2.75) is 32.2 Å². The van der Waals surface area contributed by atoms with E-state index in [9.17, 15) is 4.79 Å². The molecule has 0 amide bonds. The number of benzene rings is 1. The molecule has 1 heterocycles. The van der Waals surface area contributed by atoms with Crippen molar-refractivity contribution >= 4 is 16.9 Å². The summed E-state index contributed by atoms with van der Waals surface area (Å²) in [5, 5.41) is 1.13. The minimum absolute atomic E-state index is 0.138. The van der Waals surface area contributed by atoms with Crippen molar-refractivity contribution in [3.05, 3.63) is 35.5 Å². The van der Waals surface area contributed by atoms with Crippen LogP contribution in [-0.4, -0.2) is 23.2 Å². The van der Waals surface area contributed by atoms with Gasteiger partial charge in [-0.15, -0.1) is 0 Å². The van der Waals surface area contributed by atoms with Crippen LogP contribution >= 0.6 is 0 Å². The Labute approximate surface area is 119 Å². The molecule has 2 aromatic rings. The minimum atomic E-state index is -1.05. The number of methoxy groups -OCH3 is 1. The Hall–Kier alpha value is -1.81. The summed E-state index contributed by atoms with van der Waals surface area (Å²) in [6.07, 6.45) is 2.04. The van der Waals surface area contributed by atoms with E-state index in [0.29, 0.717) is 0 Å². The first-order valence-corrected chi connectivity index (χ1v) is 6.72. The van der Waals surface area contributed by atoms with Crippen molar-refractivity contribution < 1.29 is 9.53 Å². The lowest BCUT2D eigenvalue weighted by atomic mass is 9.82. The molecule has 0 fully saturated rings. The van der Waals surface area contributed by atoms with E-state index in [1.54, 1.807) is 6.92 Å². The van der Waals surface area contributed by atoms with Gasteiger partial charge < -0.3 is 15.0 Å². The SMILES string of the molecule is COC(=O)C(C)(N)C(C)c1cn(C)c2cc(C)ccc12. The molecule has 2 atom stereocenters. The second-order valence-electron chi connectivity index (χ2n) is 5.71. The molecule has 0 bridgehead atoms. The molecular formula is C16H22N2O2. The Morgan fingerprint density at radius 2 is 2.10 bits per heavy atom. The topological polar surface area (TPSA) is 57.2 Å². The zero-order chi connectivity index (χ0) is 15.1. The highest BCUT2D eigenvalue weighted by molar-refractivity contribution is 5.88. The van der Waals surface area contributed by atoms with Gasteiger partial charge >= 0.3 is 5.97 Å². The Balaban J connectivity index is 2.56. The number of rotatable bonds is 3. The third kappa shape index (κ3) is 2.20. The summed E-state index contributed by atoms with van der Waals surface area (Å²) < 4.78 is 6.90. The van der Waals surface area contributed by atoms with Gasteiger partial charge in [-0.3, -0.25) is 4.79 Å². The zero-order valence-corrected chi connectivity index (χ0v) is 12.7. The molecule has 0 saturated heterocycles. The van der Waals surface area contributed by atoms with Crippen LogP contribution in [0.2, 0.25) is 0 Å². The highest BCUT2D eigenvalue weighted by Gasteiger charge is 2.38. The number of hydrogen-bond donors (Lipinski definition) is 1. The molecule has 0 aliphatic carbocycles. The van der Waals surface area contributed by atoms with E-state index in [1.165, 1.54) is 12.7 Å². The van der Waals surface area contributed by atoms with Gasteiger partial charge in [-0.25, -0.2) is 0 Å². The highest BCUT2D eigenvalue weighted by atomic mass is 16.5. The number of aryl methyl sites for hydroxylation is 2. The molecule has 0 aliphatic heterocycles. The number of aromatic nitrogens is 1. The number of nitrogens with two attached hydrogens (primary N) is 1. The van der Waals surface area contributed by atoms with E-state index < -0.39 is 11.5 Å². The molecule has 0 radical (unpaired) electrons. The Kier molecular flexibility index (Phi) is 3.61. The first-order valence-electron chi connectivity index (χ1n) is 6.72. The maximum Gasteiger partial charge on any atom is 0.326 e. The molecule has 4 nitrogen and oxygen atoms in total. The zero-order valence-electron chi connectivity index (χ0n) is 12.7. The van der Waals surface area contributed by atoms with Crippen LogP contribution in [0.1, 0.15) is 30.9 Å². The van der Waals surface area contributed by atoms with Crippen molar-refractivity contribution in [2.75, 3.05) is 7.11 Å². The van der Waals surface area contributed by atoms with E-state index in [2.05, 4.69) is 29.7 Å². The number of fused-ring (bicyclic) bond motifs is 1. The maximum atomic E-state index is 11.9. The third-order valence-corrected chi connectivity index (χ3v) is 4.17. The minimum Gasteiger partial charge on any atom is -0.468 e. The van der Waals surface area contributed by atoms with Crippen LogP contribution in [0.15, 0.2) is 24.4 Å². The van der Waals surface area contributed by atoms with Crippen LogP contribution in [0.4, 0.5) is 0 Å². The van der Waals surface area contributed by atoms with Crippen LogP contribution in [0.3, 0.4) is 0 Å². The van der Waals surface area contributed by atoms with Crippen molar-refractivity contribution in [1.29, 1.82) is 0 Å². The average Bonchev–Trinajstić information content (AvgIpc) is 2.73. The number of nitrogens with zero attached hydrogens (tertiary/aromatic N) is 1. The van der Waals surface area contributed by atoms with Gasteiger partial charge in [0.25, 0.3) is 0 Å². The fraction of sp³-hybridized carbons (Fsp3) is 0.438. The third-order valence-electron chi connectivity index (χ3n) is 4.17. The standard InChI is InChI=1S/C16H22N2O2/c1-10-6-7-12-13(9-18(4)14(12)8-10)11(2)16(3,17)15(19)20-5/h6-9,11H,17H2,1-5H3. The molecule has 2 N–H and O–H groups in total. The predicted octanol–water partition coefficient (Wildman–Crippen LogP) is 2.48. The quantitative estimate of drug-likeness (QED) is 0.875. The van der Waals surface area contributed by atoms with Gasteiger partial charge in [0.15, 0.2) is 0 Å². The molecule has 0 aliphatic rings. The molecule has 0 saturated carbocycles. The lowest BCUT2D eigenvalue weighted by molar-refractivity contribution is -0.147. The van der Waals surface area contributed by atoms with Gasteiger partial charge in [0.2, 0.25) is 0 Å². The lowest BCUT2D eigenvalue weighted by Gasteiger charge is -2.28. The van der Waals surface area contributed by atoms with E-state index >= 15 is 0 Å². The number of hydrogen-bond acceptors (Lipinski definition) is 3. The smallest absolute Gasteiger partial charge is 0.326 e. The normalized spacial score (nSPS) is 15.9.